The number of amides is 3. The summed E-state index contributed by atoms with van der Waals surface area (Å²) in [5.74, 6) is -0.831. The van der Waals surface area contributed by atoms with Gasteiger partial charge in [0.15, 0.2) is 18.1 Å². The van der Waals surface area contributed by atoms with E-state index in [0.29, 0.717) is 61.0 Å². The molecule has 0 atom stereocenters. The van der Waals surface area contributed by atoms with Crippen LogP contribution in [0.15, 0.2) is 59.7 Å². The molecule has 0 spiro atoms. The normalized spacial score (nSPS) is 10.7. The summed E-state index contributed by atoms with van der Waals surface area (Å²) in [4.78, 5) is 36.9. The van der Waals surface area contributed by atoms with Crippen LogP contribution < -0.4 is 30.3 Å². The number of nitrogens with zero attached hydrogens (tertiary/aromatic N) is 1. The first kappa shape index (κ1) is 33.0. The summed E-state index contributed by atoms with van der Waals surface area (Å²) in [5, 5.41) is 9.84. The first-order chi connectivity index (χ1) is 20.2. The van der Waals surface area contributed by atoms with Crippen LogP contribution in [0, 0.1) is 3.57 Å². The summed E-state index contributed by atoms with van der Waals surface area (Å²) in [7, 11) is 0. The molecule has 0 heterocycles. The van der Waals surface area contributed by atoms with Crippen LogP contribution in [-0.2, 0) is 14.4 Å². The van der Waals surface area contributed by atoms with Crippen LogP contribution in [0.25, 0.3) is 0 Å². The van der Waals surface area contributed by atoms with Gasteiger partial charge in [-0.25, -0.2) is 5.43 Å². The molecule has 0 fully saturated rings. The fraction of sp³-hybridized carbons (Fsp3) is 0.241. The summed E-state index contributed by atoms with van der Waals surface area (Å²) < 4.78 is 17.7. The van der Waals surface area contributed by atoms with Gasteiger partial charge in [-0.15, -0.1) is 0 Å². The summed E-state index contributed by atoms with van der Waals surface area (Å²) in [6.07, 6.45) is 3.34. The Morgan fingerprint density at radius 2 is 1.60 bits per heavy atom. The fourth-order valence-corrected chi connectivity index (χ4v) is 4.71. The molecule has 0 radical (unpaired) electrons. The molecule has 0 saturated heterocycles. The number of ether oxygens (including phenoxy) is 3. The van der Waals surface area contributed by atoms with E-state index in [9.17, 15) is 14.4 Å². The second-order valence-corrected chi connectivity index (χ2v) is 10.7. The average molecular weight is 727 g/mol. The predicted molar refractivity (Wildman–Crippen MR) is 172 cm³/mol. The Morgan fingerprint density at radius 3 is 2.26 bits per heavy atom. The number of hydrazone groups is 1. The van der Waals surface area contributed by atoms with Crippen LogP contribution in [0.4, 0.5) is 11.4 Å². The van der Waals surface area contributed by atoms with Crippen molar-refractivity contribution >= 4 is 81.1 Å². The van der Waals surface area contributed by atoms with Crippen molar-refractivity contribution in [1.82, 2.24) is 5.43 Å². The van der Waals surface area contributed by atoms with Crippen molar-refractivity contribution in [3.8, 4) is 17.2 Å². The Bertz CT molecular complexity index is 1420. The zero-order valence-corrected chi connectivity index (χ0v) is 26.5. The smallest absolute Gasteiger partial charge is 0.329 e. The molecule has 3 aromatic carbocycles. The number of hydrogen-bond acceptors (Lipinski definition) is 7. The minimum Gasteiger partial charge on any atom is -0.494 e. The maximum Gasteiger partial charge on any atom is 0.329 e. The highest BCUT2D eigenvalue weighted by Gasteiger charge is 2.16. The van der Waals surface area contributed by atoms with E-state index in [4.69, 9.17) is 37.4 Å². The van der Waals surface area contributed by atoms with Crippen molar-refractivity contribution in [2.24, 2.45) is 5.10 Å². The zero-order chi connectivity index (χ0) is 30.5. The highest BCUT2D eigenvalue weighted by Crippen LogP contribution is 2.34. The minimum atomic E-state index is -0.943. The van der Waals surface area contributed by atoms with Crippen molar-refractivity contribution in [3.05, 3.63) is 73.8 Å². The van der Waals surface area contributed by atoms with Gasteiger partial charge >= 0.3 is 11.8 Å². The van der Waals surface area contributed by atoms with Gasteiger partial charge in [0.2, 0.25) is 0 Å². The second kappa shape index (κ2) is 16.8. The van der Waals surface area contributed by atoms with Gasteiger partial charge in [-0.05, 0) is 96.1 Å². The number of halogens is 3. The average Bonchev–Trinajstić information content (AvgIpc) is 2.93. The van der Waals surface area contributed by atoms with Crippen molar-refractivity contribution in [2.45, 2.75) is 26.7 Å². The summed E-state index contributed by atoms with van der Waals surface area (Å²) in [5.41, 5.74) is 3.65. The maximum absolute atomic E-state index is 12.4. The number of nitrogens with one attached hydrogen (secondary N) is 3. The van der Waals surface area contributed by atoms with Crippen molar-refractivity contribution < 1.29 is 28.6 Å². The van der Waals surface area contributed by atoms with Gasteiger partial charge in [-0.1, -0.05) is 36.5 Å². The highest BCUT2D eigenvalue weighted by molar-refractivity contribution is 14.1. The molecule has 0 bridgehead atoms. The van der Waals surface area contributed by atoms with E-state index >= 15 is 0 Å². The topological polar surface area (TPSA) is 127 Å². The number of hydrogen-bond donors (Lipinski definition) is 3. The molecule has 0 aliphatic rings. The van der Waals surface area contributed by atoms with E-state index in [1.54, 1.807) is 61.5 Å². The van der Waals surface area contributed by atoms with Gasteiger partial charge in [0.25, 0.3) is 5.91 Å². The first-order valence-corrected chi connectivity index (χ1v) is 14.7. The molecular formula is C29H29Cl2IN4O6. The van der Waals surface area contributed by atoms with Crippen molar-refractivity contribution in [3.63, 3.8) is 0 Å². The van der Waals surface area contributed by atoms with E-state index in [1.807, 2.05) is 22.6 Å². The van der Waals surface area contributed by atoms with Crippen molar-refractivity contribution in [2.75, 3.05) is 30.5 Å². The number of carbonyl (C=O) groups is 3. The molecule has 3 aromatic rings. The molecule has 0 aliphatic carbocycles. The fourth-order valence-electron chi connectivity index (χ4n) is 3.40. The van der Waals surface area contributed by atoms with Gasteiger partial charge in [0, 0.05) is 21.4 Å². The van der Waals surface area contributed by atoms with E-state index in [2.05, 4.69) is 28.1 Å². The largest absolute Gasteiger partial charge is 0.494 e. The molecule has 3 rings (SSSR count). The molecule has 10 nitrogen and oxygen atoms in total. The molecule has 0 aromatic heterocycles. The number of carbonyl (C=O) groups excluding carboxylic acids is 3. The third kappa shape index (κ3) is 10.7. The second-order valence-electron chi connectivity index (χ2n) is 8.64. The van der Waals surface area contributed by atoms with Crippen LogP contribution in [0.3, 0.4) is 0 Å². The zero-order valence-electron chi connectivity index (χ0n) is 22.8. The molecule has 222 valence electrons. The lowest BCUT2D eigenvalue weighted by Crippen LogP contribution is -2.32. The van der Waals surface area contributed by atoms with Crippen LogP contribution in [0.1, 0.15) is 32.3 Å². The summed E-state index contributed by atoms with van der Waals surface area (Å²) in [6.45, 7) is 4.53. The summed E-state index contributed by atoms with van der Waals surface area (Å²) in [6, 6.07) is 14.8. The van der Waals surface area contributed by atoms with E-state index in [0.717, 1.165) is 12.8 Å². The Hall–Kier alpha value is -3.55. The Kier molecular flexibility index (Phi) is 13.2. The number of anilines is 2. The van der Waals surface area contributed by atoms with E-state index < -0.39 is 17.7 Å². The Labute approximate surface area is 267 Å². The Balaban J connectivity index is 1.56. The molecule has 13 heteroatoms. The van der Waals surface area contributed by atoms with E-state index in [-0.39, 0.29) is 6.61 Å². The molecule has 42 heavy (non-hydrogen) atoms. The third-order valence-corrected chi connectivity index (χ3v) is 6.53. The van der Waals surface area contributed by atoms with E-state index in [1.165, 1.54) is 6.21 Å². The molecule has 0 aliphatic heterocycles. The predicted octanol–water partition coefficient (Wildman–Crippen LogP) is 6.28. The quantitative estimate of drug-likeness (QED) is 0.0626. The lowest BCUT2D eigenvalue weighted by molar-refractivity contribution is -0.136. The Morgan fingerprint density at radius 1 is 0.881 bits per heavy atom. The number of benzene rings is 3. The lowest BCUT2D eigenvalue weighted by Gasteiger charge is -2.14. The SMILES string of the molecule is CCCCOc1ccc(NC(=O)C(=O)N/N=C\c2cc(I)c(OCC(=O)Nc3cc(Cl)cc(Cl)c3)c(OCC)c2)cc1. The third-order valence-electron chi connectivity index (χ3n) is 5.29. The van der Waals surface area contributed by atoms with Gasteiger partial charge < -0.3 is 24.8 Å². The minimum absolute atomic E-state index is 0.298. The lowest BCUT2D eigenvalue weighted by atomic mass is 10.2. The van der Waals surface area contributed by atoms with Crippen LogP contribution in [0.5, 0.6) is 17.2 Å². The van der Waals surface area contributed by atoms with Crippen LogP contribution in [0.2, 0.25) is 10.0 Å². The molecule has 3 N–H and O–H groups in total. The van der Waals surface area contributed by atoms with Gasteiger partial charge in [0.05, 0.1) is 23.0 Å². The maximum atomic E-state index is 12.4. The van der Waals surface area contributed by atoms with Gasteiger partial charge in [-0.3, -0.25) is 14.4 Å². The van der Waals surface area contributed by atoms with Gasteiger partial charge in [0.1, 0.15) is 5.75 Å². The molecule has 0 saturated carbocycles. The standard InChI is InChI=1S/C29H29Cl2IN4O6/c1-3-5-10-41-23-8-6-21(7-9-23)35-28(38)29(39)36-33-16-18-11-24(32)27(25(12-18)40-4-2)42-17-26(37)34-22-14-19(30)13-20(31)15-22/h6-9,11-16H,3-5,10,17H2,1-2H3,(H,34,37)(H,35,38)(H,36,39)/b33-16-. The van der Waals surface area contributed by atoms with Crippen LogP contribution >= 0.6 is 45.8 Å². The monoisotopic (exact) mass is 726 g/mol. The van der Waals surface area contributed by atoms with Gasteiger partial charge in [-0.2, -0.15) is 5.10 Å². The van der Waals surface area contributed by atoms with Crippen LogP contribution in [-0.4, -0.2) is 43.8 Å². The molecular weight excluding hydrogens is 698 g/mol. The molecule has 3 amide bonds. The summed E-state index contributed by atoms with van der Waals surface area (Å²) >= 11 is 14.0. The van der Waals surface area contributed by atoms with Crippen molar-refractivity contribution in [1.29, 1.82) is 0 Å². The molecule has 0 unspecified atom stereocenters. The number of unbranched alkanes of at least 4 members (excludes halogenated alkanes) is 1. The highest BCUT2D eigenvalue weighted by atomic mass is 127. The first-order valence-electron chi connectivity index (χ1n) is 12.9. The number of rotatable bonds is 13.